The number of carbonyl (C=O) groups excluding carboxylic acids is 3. The fourth-order valence-electron chi connectivity index (χ4n) is 5.31. The van der Waals surface area contributed by atoms with Gasteiger partial charge in [-0.05, 0) is 12.5 Å². The van der Waals surface area contributed by atoms with Gasteiger partial charge < -0.3 is 18.9 Å². The van der Waals surface area contributed by atoms with Gasteiger partial charge in [0.2, 0.25) is 0 Å². The zero-order chi connectivity index (χ0) is 18.9. The zero-order valence-electron chi connectivity index (χ0n) is 15.5. The molecule has 142 valence electrons. The van der Waals surface area contributed by atoms with Crippen LogP contribution in [-0.2, 0) is 33.3 Å². The van der Waals surface area contributed by atoms with Gasteiger partial charge in [0.05, 0.1) is 12.7 Å². The van der Waals surface area contributed by atoms with Gasteiger partial charge in [-0.25, -0.2) is 0 Å². The Hall–Kier alpha value is -1.73. The number of epoxide rings is 1. The molecule has 0 aromatic heterocycles. The summed E-state index contributed by atoms with van der Waals surface area (Å²) < 4.78 is 23.0. The number of rotatable bonds is 3. The molecule has 1 spiro atoms. The average Bonchev–Trinajstić information content (AvgIpc) is 3.30. The number of hydrogen-bond acceptors (Lipinski definition) is 7. The van der Waals surface area contributed by atoms with Crippen molar-refractivity contribution in [1.82, 2.24) is 0 Å². The molecule has 4 rings (SSSR count). The van der Waals surface area contributed by atoms with Gasteiger partial charge >= 0.3 is 11.9 Å². The lowest BCUT2D eigenvalue weighted by Crippen LogP contribution is -2.65. The average molecular weight is 364 g/mol. The molecule has 0 radical (unpaired) electrons. The third-order valence-electron chi connectivity index (χ3n) is 6.87. The molecule has 6 atom stereocenters. The Kier molecular flexibility index (Phi) is 3.66. The highest BCUT2D eigenvalue weighted by Crippen LogP contribution is 2.70. The molecule has 2 aliphatic heterocycles. The Morgan fingerprint density at radius 2 is 2.00 bits per heavy atom. The molecule has 0 amide bonds. The molecule has 2 heterocycles. The van der Waals surface area contributed by atoms with E-state index in [1.807, 2.05) is 19.9 Å². The van der Waals surface area contributed by atoms with E-state index in [-0.39, 0.29) is 18.4 Å². The number of fused-ring (bicyclic) bond motifs is 2. The molecular formula is C19H24O7. The standard InChI is InChI=1S/C19H24O7/c1-10-5-15-18(8-23-11(2)20,7-14(10)25-12(3)21)17(4)6-13(22)16(26-15)19(17)9-24-19/h5,14-16H,6-9H2,1-4H3/t14-,15+,16+,17+,18+,19-/m0/s1. The van der Waals surface area contributed by atoms with E-state index in [1.165, 1.54) is 13.8 Å². The minimum Gasteiger partial charge on any atom is -0.465 e. The van der Waals surface area contributed by atoms with Crippen LogP contribution in [0.1, 0.15) is 40.5 Å². The second-order valence-corrected chi connectivity index (χ2v) is 8.24. The van der Waals surface area contributed by atoms with E-state index in [0.29, 0.717) is 19.4 Å². The van der Waals surface area contributed by atoms with Crippen molar-refractivity contribution in [3.63, 3.8) is 0 Å². The van der Waals surface area contributed by atoms with E-state index in [1.54, 1.807) is 0 Å². The van der Waals surface area contributed by atoms with Crippen molar-refractivity contribution in [2.24, 2.45) is 10.8 Å². The summed E-state index contributed by atoms with van der Waals surface area (Å²) >= 11 is 0. The van der Waals surface area contributed by atoms with E-state index in [9.17, 15) is 14.4 Å². The first-order chi connectivity index (χ1) is 12.2. The molecule has 0 aromatic carbocycles. The van der Waals surface area contributed by atoms with Crippen molar-refractivity contribution in [3.05, 3.63) is 11.6 Å². The largest absolute Gasteiger partial charge is 0.465 e. The summed E-state index contributed by atoms with van der Waals surface area (Å²) in [5.41, 5.74) is -1.04. The van der Waals surface area contributed by atoms with Crippen LogP contribution >= 0.6 is 0 Å². The van der Waals surface area contributed by atoms with Crippen LogP contribution in [0.2, 0.25) is 0 Å². The van der Waals surface area contributed by atoms with Crippen LogP contribution in [0.15, 0.2) is 11.6 Å². The van der Waals surface area contributed by atoms with Crippen molar-refractivity contribution < 1.29 is 33.3 Å². The van der Waals surface area contributed by atoms with Crippen molar-refractivity contribution in [2.75, 3.05) is 13.2 Å². The summed E-state index contributed by atoms with van der Waals surface area (Å²) in [6, 6.07) is 0. The summed E-state index contributed by atoms with van der Waals surface area (Å²) in [5.74, 6) is -0.741. The summed E-state index contributed by atoms with van der Waals surface area (Å²) in [7, 11) is 0. The van der Waals surface area contributed by atoms with Crippen LogP contribution in [0, 0.1) is 10.8 Å². The molecule has 0 unspecified atom stereocenters. The first-order valence-electron chi connectivity index (χ1n) is 8.96. The first kappa shape index (κ1) is 17.7. The van der Waals surface area contributed by atoms with Crippen LogP contribution in [0.25, 0.3) is 0 Å². The lowest BCUT2D eigenvalue weighted by atomic mass is 9.51. The molecule has 3 fully saturated rings. The van der Waals surface area contributed by atoms with Gasteiger partial charge in [0.15, 0.2) is 5.78 Å². The van der Waals surface area contributed by atoms with Gasteiger partial charge in [-0.1, -0.05) is 13.0 Å². The lowest BCUT2D eigenvalue weighted by molar-refractivity contribution is -0.225. The maximum Gasteiger partial charge on any atom is 0.303 e. The maximum absolute atomic E-state index is 12.7. The zero-order valence-corrected chi connectivity index (χ0v) is 15.5. The topological polar surface area (TPSA) is 91.4 Å². The number of carbonyl (C=O) groups is 3. The number of ether oxygens (including phenoxy) is 4. The number of esters is 2. The lowest BCUT2D eigenvalue weighted by Gasteiger charge is -2.57. The second kappa shape index (κ2) is 5.39. The van der Waals surface area contributed by atoms with E-state index < -0.39 is 40.7 Å². The second-order valence-electron chi connectivity index (χ2n) is 8.24. The van der Waals surface area contributed by atoms with Gasteiger partial charge in [0, 0.05) is 37.5 Å². The fraction of sp³-hybridized carbons (Fsp3) is 0.737. The van der Waals surface area contributed by atoms with Gasteiger partial charge in [-0.15, -0.1) is 0 Å². The minimum atomic E-state index is -0.697. The first-order valence-corrected chi connectivity index (χ1v) is 8.96. The summed E-state index contributed by atoms with van der Waals surface area (Å²) in [4.78, 5) is 35.8. The number of Topliss-reactive ketones (excluding diaryl/α,β-unsaturated/α-hetero) is 1. The van der Waals surface area contributed by atoms with Crippen LogP contribution in [0.3, 0.4) is 0 Å². The van der Waals surface area contributed by atoms with Crippen LogP contribution in [0.4, 0.5) is 0 Å². The molecule has 2 bridgehead atoms. The third kappa shape index (κ3) is 2.10. The maximum atomic E-state index is 12.7. The molecule has 2 aliphatic carbocycles. The Labute approximate surface area is 152 Å². The van der Waals surface area contributed by atoms with Crippen LogP contribution in [0.5, 0.6) is 0 Å². The highest BCUT2D eigenvalue weighted by atomic mass is 16.6. The normalized spacial score (nSPS) is 45.8. The van der Waals surface area contributed by atoms with Gasteiger partial charge in [-0.3, -0.25) is 14.4 Å². The van der Waals surface area contributed by atoms with Crippen molar-refractivity contribution in [1.29, 1.82) is 0 Å². The minimum absolute atomic E-state index is 0.0247. The van der Waals surface area contributed by atoms with Gasteiger partial charge in [0.1, 0.15) is 24.4 Å². The third-order valence-corrected chi connectivity index (χ3v) is 6.87. The van der Waals surface area contributed by atoms with Crippen molar-refractivity contribution >= 4 is 17.7 Å². The summed E-state index contributed by atoms with van der Waals surface area (Å²) in [6.07, 6.45) is 1.22. The summed E-state index contributed by atoms with van der Waals surface area (Å²) in [6.45, 7) is 7.19. The molecule has 4 aliphatic rings. The monoisotopic (exact) mass is 364 g/mol. The molecule has 7 nitrogen and oxygen atoms in total. The Morgan fingerprint density at radius 1 is 1.31 bits per heavy atom. The Balaban J connectivity index is 1.81. The molecule has 1 saturated carbocycles. The summed E-state index contributed by atoms with van der Waals surface area (Å²) in [5, 5.41) is 0. The molecule has 2 saturated heterocycles. The quantitative estimate of drug-likeness (QED) is 0.424. The van der Waals surface area contributed by atoms with Crippen molar-refractivity contribution in [3.8, 4) is 0 Å². The fourth-order valence-corrected chi connectivity index (χ4v) is 5.31. The Bertz CT molecular complexity index is 721. The molecule has 0 aromatic rings. The number of ketones is 1. The molecular weight excluding hydrogens is 340 g/mol. The number of hydrogen-bond donors (Lipinski definition) is 0. The van der Waals surface area contributed by atoms with Crippen LogP contribution in [-0.4, -0.2) is 54.8 Å². The molecule has 0 N–H and O–H groups in total. The SMILES string of the molecule is CC(=O)OC[C@]12C[C@H](OC(C)=O)C(C)=C[C@H]1O[C@@H]1C(=O)C[C@@]2(C)[C@]12CO2. The van der Waals surface area contributed by atoms with E-state index >= 15 is 0 Å². The highest BCUT2D eigenvalue weighted by molar-refractivity contribution is 5.90. The predicted molar refractivity (Wildman–Crippen MR) is 88.1 cm³/mol. The Morgan fingerprint density at radius 3 is 2.58 bits per heavy atom. The molecule has 7 heteroatoms. The highest BCUT2D eigenvalue weighted by Gasteiger charge is 2.82. The van der Waals surface area contributed by atoms with E-state index in [0.717, 1.165) is 5.57 Å². The van der Waals surface area contributed by atoms with Crippen LogP contribution < -0.4 is 0 Å². The van der Waals surface area contributed by atoms with Gasteiger partial charge in [-0.2, -0.15) is 0 Å². The smallest absolute Gasteiger partial charge is 0.303 e. The molecule has 26 heavy (non-hydrogen) atoms. The van der Waals surface area contributed by atoms with E-state index in [2.05, 4.69) is 0 Å². The van der Waals surface area contributed by atoms with Crippen molar-refractivity contribution in [2.45, 2.75) is 64.4 Å². The van der Waals surface area contributed by atoms with Gasteiger partial charge in [0.25, 0.3) is 0 Å². The van der Waals surface area contributed by atoms with E-state index in [4.69, 9.17) is 18.9 Å². The predicted octanol–water partition coefficient (Wildman–Crippen LogP) is 1.33.